The third-order valence-corrected chi connectivity index (χ3v) is 3.33. The van der Waals surface area contributed by atoms with E-state index in [1.165, 1.54) is 0 Å². The van der Waals surface area contributed by atoms with Crippen molar-refractivity contribution in [3.8, 4) is 0 Å². The van der Waals surface area contributed by atoms with Gasteiger partial charge in [0.15, 0.2) is 0 Å². The van der Waals surface area contributed by atoms with Crippen LogP contribution in [0.5, 0.6) is 0 Å². The molecule has 0 aliphatic carbocycles. The van der Waals surface area contributed by atoms with Gasteiger partial charge in [-0.25, -0.2) is 4.98 Å². The number of carbonyl (C=O) groups excluding carboxylic acids is 1. The Balaban J connectivity index is 1.89. The first-order chi connectivity index (χ1) is 9.58. The first kappa shape index (κ1) is 14.8. The number of likely N-dealkylation sites (N-methyl/N-ethyl adjacent to an activating group) is 1. The van der Waals surface area contributed by atoms with Crippen molar-refractivity contribution < 1.29 is 4.79 Å². The van der Waals surface area contributed by atoms with Gasteiger partial charge in [0.05, 0.1) is 6.54 Å². The first-order valence-corrected chi connectivity index (χ1v) is 7.00. The average molecular weight is 299 g/mol. The minimum Gasteiger partial charge on any atom is -0.368 e. The number of piperazine rings is 1. The molecule has 0 saturated carbocycles. The van der Waals surface area contributed by atoms with E-state index in [0.717, 1.165) is 32.0 Å². The van der Waals surface area contributed by atoms with Crippen molar-refractivity contribution in [3.63, 3.8) is 0 Å². The first-order valence-electron chi connectivity index (χ1n) is 6.62. The summed E-state index contributed by atoms with van der Waals surface area (Å²) in [5, 5.41) is 3.15. The molecule has 1 aliphatic heterocycles. The summed E-state index contributed by atoms with van der Waals surface area (Å²) in [7, 11) is 0. The van der Waals surface area contributed by atoms with E-state index >= 15 is 0 Å². The molecule has 1 aliphatic rings. The van der Waals surface area contributed by atoms with Crippen molar-refractivity contribution >= 4 is 29.3 Å². The Labute approximate surface area is 123 Å². The van der Waals surface area contributed by atoms with Crippen LogP contribution in [0.25, 0.3) is 0 Å². The normalized spacial score (nSPS) is 16.2. The Hall–Kier alpha value is -1.60. The molecule has 2 rings (SSSR count). The van der Waals surface area contributed by atoms with E-state index in [0.29, 0.717) is 18.2 Å². The molecule has 20 heavy (non-hydrogen) atoms. The number of anilines is 2. The summed E-state index contributed by atoms with van der Waals surface area (Å²) in [6, 6.07) is 1.71. The van der Waals surface area contributed by atoms with Gasteiger partial charge in [-0.05, 0) is 6.92 Å². The van der Waals surface area contributed by atoms with Crippen LogP contribution in [0.2, 0.25) is 5.15 Å². The third-order valence-electron chi connectivity index (χ3n) is 3.14. The summed E-state index contributed by atoms with van der Waals surface area (Å²) < 4.78 is 0. The van der Waals surface area contributed by atoms with Crippen LogP contribution in [0.15, 0.2) is 6.07 Å². The molecule has 1 amide bonds. The van der Waals surface area contributed by atoms with Gasteiger partial charge in [0.25, 0.3) is 0 Å². The summed E-state index contributed by atoms with van der Waals surface area (Å²) >= 11 is 5.88. The number of aromatic nitrogens is 2. The quantitative estimate of drug-likeness (QED) is 0.759. The molecule has 0 radical (unpaired) electrons. The molecule has 0 bridgehead atoms. The fourth-order valence-corrected chi connectivity index (χ4v) is 2.36. The number of nitrogens with two attached hydrogens (primary N) is 1. The lowest BCUT2D eigenvalue weighted by atomic mass is 10.3. The van der Waals surface area contributed by atoms with Crippen LogP contribution < -0.4 is 16.0 Å². The summed E-state index contributed by atoms with van der Waals surface area (Å²) in [5.74, 6) is 0.979. The smallest absolute Gasteiger partial charge is 0.234 e. The topological polar surface area (TPSA) is 87.4 Å². The minimum absolute atomic E-state index is 0.0651. The molecule has 8 heteroatoms. The van der Waals surface area contributed by atoms with Crippen molar-refractivity contribution in [2.45, 2.75) is 6.92 Å². The predicted molar refractivity (Wildman–Crippen MR) is 78.8 cm³/mol. The Morgan fingerprint density at radius 2 is 2.10 bits per heavy atom. The molecular weight excluding hydrogens is 280 g/mol. The molecule has 0 atom stereocenters. The zero-order valence-electron chi connectivity index (χ0n) is 11.5. The molecule has 110 valence electrons. The number of rotatable bonds is 4. The molecule has 1 saturated heterocycles. The molecule has 1 aromatic rings. The van der Waals surface area contributed by atoms with E-state index in [9.17, 15) is 4.79 Å². The second kappa shape index (κ2) is 6.71. The highest BCUT2D eigenvalue weighted by Crippen LogP contribution is 2.18. The second-order valence-corrected chi connectivity index (χ2v) is 5.01. The second-order valence-electron chi connectivity index (χ2n) is 4.62. The van der Waals surface area contributed by atoms with Gasteiger partial charge in [0, 0.05) is 38.8 Å². The van der Waals surface area contributed by atoms with Crippen LogP contribution >= 0.6 is 11.6 Å². The molecule has 0 unspecified atom stereocenters. The van der Waals surface area contributed by atoms with Crippen LogP contribution in [0.4, 0.5) is 11.8 Å². The van der Waals surface area contributed by atoms with E-state index in [1.54, 1.807) is 6.07 Å². The van der Waals surface area contributed by atoms with Crippen molar-refractivity contribution in [3.05, 3.63) is 11.2 Å². The van der Waals surface area contributed by atoms with Gasteiger partial charge >= 0.3 is 0 Å². The molecule has 0 spiro atoms. The number of hydrogen-bond donors (Lipinski definition) is 2. The molecule has 0 aromatic carbocycles. The fraction of sp³-hybridized carbons (Fsp3) is 0.583. The molecule has 3 N–H and O–H groups in total. The third kappa shape index (κ3) is 3.94. The highest BCUT2D eigenvalue weighted by atomic mass is 35.5. The van der Waals surface area contributed by atoms with Crippen LogP contribution in [-0.2, 0) is 4.79 Å². The lowest BCUT2D eigenvalue weighted by Crippen LogP contribution is -2.49. The number of nitrogen functional groups attached to an aromatic ring is 1. The van der Waals surface area contributed by atoms with Gasteiger partial charge in [0.1, 0.15) is 11.0 Å². The SMILES string of the molecule is CCNC(=O)CN1CCN(c2cc(Cl)nc(N)n2)CC1. The standard InChI is InChI=1S/C12H19ClN6O/c1-2-15-11(20)8-18-3-5-19(6-4-18)10-7-9(13)16-12(14)17-10/h7H,2-6,8H2,1H3,(H,15,20)(H2,14,16,17). The average Bonchev–Trinajstić information content (AvgIpc) is 2.38. The maximum absolute atomic E-state index is 11.5. The molecule has 1 aromatic heterocycles. The van der Waals surface area contributed by atoms with Crippen LogP contribution in [0.3, 0.4) is 0 Å². The van der Waals surface area contributed by atoms with Gasteiger partial charge in [-0.2, -0.15) is 4.98 Å². The monoisotopic (exact) mass is 298 g/mol. The Bertz CT molecular complexity index is 455. The van der Waals surface area contributed by atoms with Crippen LogP contribution in [0, 0.1) is 0 Å². The molecule has 1 fully saturated rings. The molecule has 2 heterocycles. The number of amides is 1. The number of nitrogens with one attached hydrogen (secondary N) is 1. The predicted octanol–water partition coefficient (Wildman–Crippen LogP) is -0.0297. The van der Waals surface area contributed by atoms with Crippen molar-refractivity contribution in [1.29, 1.82) is 0 Å². The highest BCUT2D eigenvalue weighted by Gasteiger charge is 2.20. The maximum Gasteiger partial charge on any atom is 0.234 e. The van der Waals surface area contributed by atoms with Crippen molar-refractivity contribution in [2.75, 3.05) is 49.9 Å². The minimum atomic E-state index is 0.0651. The van der Waals surface area contributed by atoms with Crippen LogP contribution in [-0.4, -0.2) is 60.0 Å². The summed E-state index contributed by atoms with van der Waals surface area (Å²) in [6.45, 7) is 6.20. The number of carbonyl (C=O) groups is 1. The molecule has 7 nitrogen and oxygen atoms in total. The number of halogens is 1. The summed E-state index contributed by atoms with van der Waals surface area (Å²) in [5.41, 5.74) is 5.60. The van der Waals surface area contributed by atoms with Gasteiger partial charge in [-0.3, -0.25) is 9.69 Å². The zero-order chi connectivity index (χ0) is 14.5. The summed E-state index contributed by atoms with van der Waals surface area (Å²) in [4.78, 5) is 23.8. The lowest BCUT2D eigenvalue weighted by Gasteiger charge is -2.35. The van der Waals surface area contributed by atoms with Crippen molar-refractivity contribution in [2.24, 2.45) is 0 Å². The maximum atomic E-state index is 11.5. The largest absolute Gasteiger partial charge is 0.368 e. The number of nitrogens with zero attached hydrogens (tertiary/aromatic N) is 4. The van der Waals surface area contributed by atoms with E-state index < -0.39 is 0 Å². The molecular formula is C12H19ClN6O. The van der Waals surface area contributed by atoms with E-state index in [4.69, 9.17) is 17.3 Å². The van der Waals surface area contributed by atoms with Gasteiger partial charge < -0.3 is 16.0 Å². The van der Waals surface area contributed by atoms with E-state index in [1.807, 2.05) is 6.92 Å². The van der Waals surface area contributed by atoms with Crippen molar-refractivity contribution in [1.82, 2.24) is 20.2 Å². The van der Waals surface area contributed by atoms with Gasteiger partial charge in [-0.15, -0.1) is 0 Å². The Kier molecular flexibility index (Phi) is 4.97. The van der Waals surface area contributed by atoms with Gasteiger partial charge in [0.2, 0.25) is 11.9 Å². The van der Waals surface area contributed by atoms with Crippen LogP contribution in [0.1, 0.15) is 6.92 Å². The van der Waals surface area contributed by atoms with Gasteiger partial charge in [-0.1, -0.05) is 11.6 Å². The fourth-order valence-electron chi connectivity index (χ4n) is 2.18. The van der Waals surface area contributed by atoms with E-state index in [2.05, 4.69) is 25.1 Å². The Morgan fingerprint density at radius 1 is 1.40 bits per heavy atom. The lowest BCUT2D eigenvalue weighted by molar-refractivity contribution is -0.122. The highest BCUT2D eigenvalue weighted by molar-refractivity contribution is 6.29. The summed E-state index contributed by atoms with van der Waals surface area (Å²) in [6.07, 6.45) is 0. The van der Waals surface area contributed by atoms with E-state index in [-0.39, 0.29) is 11.9 Å². The zero-order valence-corrected chi connectivity index (χ0v) is 12.2. The number of hydrogen-bond acceptors (Lipinski definition) is 6. The Morgan fingerprint density at radius 3 is 2.70 bits per heavy atom.